The zero-order valence-electron chi connectivity index (χ0n) is 10.7. The first-order chi connectivity index (χ1) is 9.70. The van der Waals surface area contributed by atoms with E-state index in [1.165, 1.54) is 18.5 Å². The number of rotatable bonds is 3. The van der Waals surface area contributed by atoms with E-state index in [1.807, 2.05) is 12.1 Å². The number of hydrogen-bond donors (Lipinski definition) is 1. The molecular weight excluding hydrogens is 297 g/mol. The molecule has 20 heavy (non-hydrogen) atoms. The average Bonchev–Trinajstić information content (AvgIpc) is 2.91. The van der Waals surface area contributed by atoms with E-state index >= 15 is 0 Å². The van der Waals surface area contributed by atoms with Crippen LogP contribution in [0.15, 0.2) is 24.3 Å². The molecule has 7 heteroatoms. The van der Waals surface area contributed by atoms with Gasteiger partial charge in [0.2, 0.25) is 16.5 Å². The highest BCUT2D eigenvalue weighted by Gasteiger charge is 2.12. The lowest BCUT2D eigenvalue weighted by atomic mass is 10.2. The van der Waals surface area contributed by atoms with Crippen LogP contribution in [0.5, 0.6) is 0 Å². The van der Waals surface area contributed by atoms with Crippen molar-refractivity contribution in [3.05, 3.63) is 34.8 Å². The Morgan fingerprint density at radius 3 is 2.40 bits per heavy atom. The minimum Gasteiger partial charge on any atom is -0.371 e. The zero-order chi connectivity index (χ0) is 13.9. The van der Waals surface area contributed by atoms with Crippen LogP contribution in [-0.2, 0) is 0 Å². The van der Waals surface area contributed by atoms with E-state index in [4.69, 9.17) is 23.2 Å². The second kappa shape index (κ2) is 5.81. The zero-order valence-corrected chi connectivity index (χ0v) is 12.2. The third-order valence-corrected chi connectivity index (χ3v) is 3.49. The van der Waals surface area contributed by atoms with Crippen LogP contribution in [0.3, 0.4) is 0 Å². The van der Waals surface area contributed by atoms with E-state index in [0.29, 0.717) is 5.95 Å². The van der Waals surface area contributed by atoms with Crippen LogP contribution in [0, 0.1) is 0 Å². The summed E-state index contributed by atoms with van der Waals surface area (Å²) in [7, 11) is 0. The van der Waals surface area contributed by atoms with Gasteiger partial charge >= 0.3 is 0 Å². The van der Waals surface area contributed by atoms with Crippen LogP contribution >= 0.6 is 23.2 Å². The van der Waals surface area contributed by atoms with E-state index in [0.717, 1.165) is 18.8 Å². The second-order valence-corrected chi connectivity index (χ2v) is 5.24. The predicted molar refractivity (Wildman–Crippen MR) is 81.0 cm³/mol. The molecule has 1 N–H and O–H groups in total. The molecule has 104 valence electrons. The first-order valence-electron chi connectivity index (χ1n) is 6.40. The standard InChI is InChI=1S/C13H13Cl2N5/c14-11-17-12(15)19-13(18-11)16-9-4-3-5-10(8-9)20-6-1-2-7-20/h3-5,8H,1-2,6-7H2,(H,16,17,18,19). The molecule has 2 aromatic rings. The number of nitrogens with one attached hydrogen (secondary N) is 1. The molecule has 3 rings (SSSR count). The Labute approximate surface area is 127 Å². The van der Waals surface area contributed by atoms with Gasteiger partial charge in [-0.2, -0.15) is 15.0 Å². The van der Waals surface area contributed by atoms with Crippen molar-refractivity contribution in [3.63, 3.8) is 0 Å². The van der Waals surface area contributed by atoms with Crippen molar-refractivity contribution in [2.45, 2.75) is 12.8 Å². The van der Waals surface area contributed by atoms with Crippen molar-refractivity contribution in [1.82, 2.24) is 15.0 Å². The molecular formula is C13H13Cl2N5. The van der Waals surface area contributed by atoms with E-state index < -0.39 is 0 Å². The molecule has 0 aliphatic carbocycles. The van der Waals surface area contributed by atoms with Crippen molar-refractivity contribution in [2.75, 3.05) is 23.3 Å². The topological polar surface area (TPSA) is 53.9 Å². The van der Waals surface area contributed by atoms with Gasteiger partial charge in [-0.05, 0) is 54.2 Å². The van der Waals surface area contributed by atoms with Crippen LogP contribution in [0.4, 0.5) is 17.3 Å². The van der Waals surface area contributed by atoms with E-state index in [9.17, 15) is 0 Å². The molecule has 1 saturated heterocycles. The Kier molecular flexibility index (Phi) is 3.89. The quantitative estimate of drug-likeness (QED) is 0.940. The molecule has 0 radical (unpaired) electrons. The maximum absolute atomic E-state index is 5.76. The molecule has 1 aromatic heterocycles. The van der Waals surface area contributed by atoms with Crippen molar-refractivity contribution >= 4 is 40.5 Å². The van der Waals surface area contributed by atoms with Crippen LogP contribution in [0.25, 0.3) is 0 Å². The fraction of sp³-hybridized carbons (Fsp3) is 0.308. The molecule has 0 bridgehead atoms. The minimum absolute atomic E-state index is 0.0724. The summed E-state index contributed by atoms with van der Waals surface area (Å²) in [6.07, 6.45) is 2.49. The molecule has 1 aliphatic rings. The largest absolute Gasteiger partial charge is 0.371 e. The van der Waals surface area contributed by atoms with Gasteiger partial charge in [-0.15, -0.1) is 0 Å². The lowest BCUT2D eigenvalue weighted by Gasteiger charge is -2.18. The average molecular weight is 310 g/mol. The van der Waals surface area contributed by atoms with E-state index in [1.54, 1.807) is 0 Å². The number of hydrogen-bond acceptors (Lipinski definition) is 5. The first-order valence-corrected chi connectivity index (χ1v) is 7.15. The summed E-state index contributed by atoms with van der Waals surface area (Å²) in [5, 5.41) is 3.24. The summed E-state index contributed by atoms with van der Waals surface area (Å²) in [5.41, 5.74) is 2.09. The molecule has 1 aromatic carbocycles. The fourth-order valence-electron chi connectivity index (χ4n) is 2.27. The number of nitrogens with zero attached hydrogens (tertiary/aromatic N) is 4. The molecule has 0 unspecified atom stereocenters. The predicted octanol–water partition coefficient (Wildman–Crippen LogP) is 3.52. The summed E-state index contributed by atoms with van der Waals surface area (Å²) in [5.74, 6) is 0.341. The first kappa shape index (κ1) is 13.4. The molecule has 5 nitrogen and oxygen atoms in total. The maximum atomic E-state index is 5.76. The Morgan fingerprint density at radius 1 is 1.00 bits per heavy atom. The lowest BCUT2D eigenvalue weighted by molar-refractivity contribution is 0.949. The number of benzene rings is 1. The van der Waals surface area contributed by atoms with Crippen molar-refractivity contribution in [2.24, 2.45) is 0 Å². The number of aromatic nitrogens is 3. The number of halogens is 2. The normalized spacial score (nSPS) is 14.6. The Balaban J connectivity index is 1.81. The van der Waals surface area contributed by atoms with Gasteiger partial charge in [0.05, 0.1) is 0 Å². The van der Waals surface area contributed by atoms with Crippen molar-refractivity contribution < 1.29 is 0 Å². The Bertz CT molecular complexity index is 593. The second-order valence-electron chi connectivity index (χ2n) is 4.57. The highest BCUT2D eigenvalue weighted by atomic mass is 35.5. The highest BCUT2D eigenvalue weighted by Crippen LogP contribution is 2.24. The Hall–Kier alpha value is -1.59. The van der Waals surface area contributed by atoms with E-state index in [2.05, 4.69) is 37.3 Å². The third-order valence-electron chi connectivity index (χ3n) is 3.15. The van der Waals surface area contributed by atoms with Gasteiger partial charge in [0.1, 0.15) is 0 Å². The van der Waals surface area contributed by atoms with Gasteiger partial charge in [-0.1, -0.05) is 6.07 Å². The third kappa shape index (κ3) is 3.11. The van der Waals surface area contributed by atoms with Gasteiger partial charge in [-0.25, -0.2) is 0 Å². The lowest BCUT2D eigenvalue weighted by Crippen LogP contribution is -2.17. The summed E-state index contributed by atoms with van der Waals surface area (Å²) in [6.45, 7) is 2.21. The number of anilines is 3. The molecule has 0 amide bonds. The maximum Gasteiger partial charge on any atom is 0.232 e. The van der Waals surface area contributed by atoms with Crippen LogP contribution in [0.2, 0.25) is 10.6 Å². The highest BCUT2D eigenvalue weighted by molar-refractivity contribution is 6.31. The van der Waals surface area contributed by atoms with Gasteiger partial charge in [0, 0.05) is 24.5 Å². The molecule has 0 atom stereocenters. The smallest absolute Gasteiger partial charge is 0.232 e. The van der Waals surface area contributed by atoms with Gasteiger partial charge in [0.25, 0.3) is 0 Å². The van der Waals surface area contributed by atoms with Gasteiger partial charge in [0.15, 0.2) is 0 Å². The van der Waals surface area contributed by atoms with E-state index in [-0.39, 0.29) is 10.6 Å². The fourth-order valence-corrected chi connectivity index (χ4v) is 2.63. The van der Waals surface area contributed by atoms with Gasteiger partial charge < -0.3 is 10.2 Å². The SMILES string of the molecule is Clc1nc(Cl)nc(Nc2cccc(N3CCCC3)c2)n1. The van der Waals surface area contributed by atoms with Crippen LogP contribution in [0.1, 0.15) is 12.8 Å². The Morgan fingerprint density at radius 2 is 1.70 bits per heavy atom. The molecule has 1 aliphatic heterocycles. The summed E-state index contributed by atoms with van der Waals surface area (Å²) in [4.78, 5) is 14.1. The summed E-state index contributed by atoms with van der Waals surface area (Å²) in [6, 6.07) is 8.12. The summed E-state index contributed by atoms with van der Waals surface area (Å²) < 4.78 is 0. The molecule has 0 saturated carbocycles. The molecule has 1 fully saturated rings. The van der Waals surface area contributed by atoms with Crippen molar-refractivity contribution in [1.29, 1.82) is 0 Å². The molecule has 2 heterocycles. The monoisotopic (exact) mass is 309 g/mol. The van der Waals surface area contributed by atoms with Crippen molar-refractivity contribution in [3.8, 4) is 0 Å². The molecule has 0 spiro atoms. The van der Waals surface area contributed by atoms with Gasteiger partial charge in [-0.3, -0.25) is 0 Å². The van der Waals surface area contributed by atoms with Crippen LogP contribution < -0.4 is 10.2 Å². The minimum atomic E-state index is 0.0724. The summed E-state index contributed by atoms with van der Waals surface area (Å²) >= 11 is 11.5. The van der Waals surface area contributed by atoms with Crippen LogP contribution in [-0.4, -0.2) is 28.0 Å².